The Morgan fingerprint density at radius 2 is 1.76 bits per heavy atom. The van der Waals surface area contributed by atoms with Crippen LogP contribution in [0.4, 0.5) is 0 Å². The van der Waals surface area contributed by atoms with Gasteiger partial charge in [0.15, 0.2) is 18.1 Å². The summed E-state index contributed by atoms with van der Waals surface area (Å²) in [6, 6.07) is 14.5. The van der Waals surface area contributed by atoms with Crippen molar-refractivity contribution in [3.63, 3.8) is 0 Å². The van der Waals surface area contributed by atoms with E-state index in [9.17, 15) is 14.4 Å². The predicted octanol–water partition coefficient (Wildman–Crippen LogP) is 0.993. The van der Waals surface area contributed by atoms with Crippen LogP contribution in [0.15, 0.2) is 53.6 Å². The first kappa shape index (κ1) is 25.3. The minimum absolute atomic E-state index is 0.172. The number of carbonyl (C=O) groups excluding carboxylic acids is 3. The van der Waals surface area contributed by atoms with Crippen LogP contribution in [-0.4, -0.2) is 57.4 Å². The van der Waals surface area contributed by atoms with E-state index in [-0.39, 0.29) is 19.1 Å². The molecule has 0 spiro atoms. The second-order valence-electron chi connectivity index (χ2n) is 6.64. The van der Waals surface area contributed by atoms with Crippen molar-refractivity contribution in [3.05, 3.63) is 59.7 Å². The minimum atomic E-state index is -0.895. The average molecular weight is 456 g/mol. The van der Waals surface area contributed by atoms with Crippen LogP contribution < -0.4 is 25.5 Å². The summed E-state index contributed by atoms with van der Waals surface area (Å²) >= 11 is 0. The van der Waals surface area contributed by atoms with Crippen LogP contribution in [0, 0.1) is 0 Å². The molecular formula is C23H28N4O6. The number of amides is 3. The zero-order chi connectivity index (χ0) is 23.9. The Kier molecular flexibility index (Phi) is 10.9. The van der Waals surface area contributed by atoms with Gasteiger partial charge in [0.05, 0.1) is 19.4 Å². The highest BCUT2D eigenvalue weighted by atomic mass is 16.5. The predicted molar refractivity (Wildman–Crippen MR) is 122 cm³/mol. The molecule has 33 heavy (non-hydrogen) atoms. The molecule has 0 bridgehead atoms. The van der Waals surface area contributed by atoms with E-state index in [1.807, 2.05) is 37.3 Å². The maximum atomic E-state index is 12.1. The number of nitrogens with one attached hydrogen (secondary N) is 3. The van der Waals surface area contributed by atoms with Crippen molar-refractivity contribution < 1.29 is 28.6 Å². The number of hydrazone groups is 1. The molecule has 2 rings (SSSR count). The van der Waals surface area contributed by atoms with Crippen LogP contribution in [0.2, 0.25) is 0 Å². The molecule has 3 N–H and O–H groups in total. The zero-order valence-corrected chi connectivity index (χ0v) is 18.6. The minimum Gasteiger partial charge on any atom is -0.490 e. The van der Waals surface area contributed by atoms with E-state index in [1.54, 1.807) is 18.2 Å². The molecular weight excluding hydrogens is 428 g/mol. The number of ether oxygens (including phenoxy) is 3. The summed E-state index contributed by atoms with van der Waals surface area (Å²) in [6.45, 7) is 2.96. The van der Waals surface area contributed by atoms with E-state index in [4.69, 9.17) is 14.2 Å². The molecule has 0 fully saturated rings. The van der Waals surface area contributed by atoms with Gasteiger partial charge in [-0.3, -0.25) is 14.4 Å². The van der Waals surface area contributed by atoms with Crippen molar-refractivity contribution in [3.8, 4) is 11.5 Å². The lowest BCUT2D eigenvalue weighted by molar-refractivity contribution is -0.139. The number of benzene rings is 2. The van der Waals surface area contributed by atoms with E-state index < -0.39 is 11.8 Å². The zero-order valence-electron chi connectivity index (χ0n) is 18.6. The number of hydrogen-bond donors (Lipinski definition) is 3. The van der Waals surface area contributed by atoms with Crippen molar-refractivity contribution >= 4 is 23.9 Å². The van der Waals surface area contributed by atoms with Gasteiger partial charge in [-0.05, 0) is 36.2 Å². The van der Waals surface area contributed by atoms with E-state index in [0.29, 0.717) is 36.8 Å². The van der Waals surface area contributed by atoms with Gasteiger partial charge in [-0.15, -0.1) is 0 Å². The average Bonchev–Trinajstić information content (AvgIpc) is 2.83. The van der Waals surface area contributed by atoms with Gasteiger partial charge in [-0.25, -0.2) is 5.43 Å². The van der Waals surface area contributed by atoms with E-state index >= 15 is 0 Å². The molecule has 176 valence electrons. The van der Waals surface area contributed by atoms with Gasteiger partial charge in [-0.2, -0.15) is 5.10 Å². The summed E-state index contributed by atoms with van der Waals surface area (Å²) in [5, 5.41) is 8.95. The maximum absolute atomic E-state index is 12.1. The van der Waals surface area contributed by atoms with Crippen molar-refractivity contribution in [2.45, 2.75) is 13.5 Å². The van der Waals surface area contributed by atoms with Crippen LogP contribution in [0.1, 0.15) is 18.1 Å². The highest BCUT2D eigenvalue weighted by Gasteiger charge is 2.12. The van der Waals surface area contributed by atoms with E-state index in [2.05, 4.69) is 21.2 Å². The highest BCUT2D eigenvalue weighted by Crippen LogP contribution is 2.28. The summed E-state index contributed by atoms with van der Waals surface area (Å²) in [4.78, 5) is 35.4. The third kappa shape index (κ3) is 9.40. The van der Waals surface area contributed by atoms with E-state index in [0.717, 1.165) is 5.56 Å². The fourth-order valence-corrected chi connectivity index (χ4v) is 2.55. The van der Waals surface area contributed by atoms with Gasteiger partial charge in [-0.1, -0.05) is 30.3 Å². The molecule has 0 aliphatic heterocycles. The molecule has 0 saturated heterocycles. The van der Waals surface area contributed by atoms with Gasteiger partial charge in [0.1, 0.15) is 0 Å². The third-order valence-corrected chi connectivity index (χ3v) is 4.14. The first-order chi connectivity index (χ1) is 16.0. The fourth-order valence-electron chi connectivity index (χ4n) is 2.55. The normalized spacial score (nSPS) is 10.5. The van der Waals surface area contributed by atoms with Gasteiger partial charge >= 0.3 is 11.8 Å². The number of hydrogen-bond acceptors (Lipinski definition) is 7. The summed E-state index contributed by atoms with van der Waals surface area (Å²) < 4.78 is 16.0. The second-order valence-corrected chi connectivity index (χ2v) is 6.64. The van der Waals surface area contributed by atoms with Crippen LogP contribution in [0.25, 0.3) is 0 Å². The van der Waals surface area contributed by atoms with Gasteiger partial charge in [0.25, 0.3) is 5.91 Å². The number of nitrogens with zero attached hydrogens (tertiary/aromatic N) is 1. The molecule has 0 unspecified atom stereocenters. The standard InChI is InChI=1S/C23H28N4O6/c1-3-32-20-13-18(15-26-27-23(30)22(29)24-11-12-31-2)9-10-19(20)33-16-21(28)25-14-17-7-5-4-6-8-17/h4-10,13,15H,3,11-12,14,16H2,1-2H3,(H,24,29)(H,25,28)(H,27,30)/b26-15-. The summed E-state index contributed by atoms with van der Waals surface area (Å²) in [6.07, 6.45) is 1.36. The molecule has 0 aliphatic carbocycles. The molecule has 10 nitrogen and oxygen atoms in total. The lowest BCUT2D eigenvalue weighted by Crippen LogP contribution is -2.39. The Morgan fingerprint density at radius 3 is 2.48 bits per heavy atom. The quantitative estimate of drug-likeness (QED) is 0.189. The molecule has 10 heteroatoms. The van der Waals surface area contributed by atoms with Crippen LogP contribution >= 0.6 is 0 Å². The maximum Gasteiger partial charge on any atom is 0.329 e. The van der Waals surface area contributed by atoms with E-state index in [1.165, 1.54) is 13.3 Å². The van der Waals surface area contributed by atoms with Gasteiger partial charge in [0, 0.05) is 20.2 Å². The Morgan fingerprint density at radius 1 is 0.970 bits per heavy atom. The molecule has 0 saturated carbocycles. The third-order valence-electron chi connectivity index (χ3n) is 4.14. The topological polar surface area (TPSA) is 127 Å². The lowest BCUT2D eigenvalue weighted by atomic mass is 10.2. The molecule has 0 heterocycles. The molecule has 2 aromatic rings. The number of carbonyl (C=O) groups is 3. The largest absolute Gasteiger partial charge is 0.490 e. The summed E-state index contributed by atoms with van der Waals surface area (Å²) in [7, 11) is 1.49. The van der Waals surface area contributed by atoms with Gasteiger partial charge < -0.3 is 24.8 Å². The van der Waals surface area contributed by atoms with Crippen molar-refractivity contribution in [1.29, 1.82) is 0 Å². The number of rotatable bonds is 12. The Labute approximate surface area is 192 Å². The fraction of sp³-hybridized carbons (Fsp3) is 0.304. The Balaban J connectivity index is 1.88. The van der Waals surface area contributed by atoms with Gasteiger partial charge in [0.2, 0.25) is 0 Å². The van der Waals surface area contributed by atoms with Crippen LogP contribution in [0.3, 0.4) is 0 Å². The first-order valence-electron chi connectivity index (χ1n) is 10.3. The molecule has 0 aromatic heterocycles. The summed E-state index contributed by atoms with van der Waals surface area (Å²) in [5.41, 5.74) is 3.73. The molecule has 0 aliphatic rings. The number of methoxy groups -OCH3 is 1. The van der Waals surface area contributed by atoms with Crippen molar-refractivity contribution in [2.75, 3.05) is 33.5 Å². The highest BCUT2D eigenvalue weighted by molar-refractivity contribution is 6.35. The van der Waals surface area contributed by atoms with Crippen LogP contribution in [0.5, 0.6) is 11.5 Å². The first-order valence-corrected chi connectivity index (χ1v) is 10.3. The second kappa shape index (κ2) is 14.2. The SMILES string of the molecule is CCOc1cc(/C=N\NC(=O)C(=O)NCCOC)ccc1OCC(=O)NCc1ccccc1. The summed E-state index contributed by atoms with van der Waals surface area (Å²) in [5.74, 6) is -1.16. The monoisotopic (exact) mass is 456 g/mol. The smallest absolute Gasteiger partial charge is 0.329 e. The molecule has 0 atom stereocenters. The van der Waals surface area contributed by atoms with Crippen molar-refractivity contribution in [1.82, 2.24) is 16.1 Å². The molecule has 3 amide bonds. The molecule has 2 aromatic carbocycles. The Hall–Kier alpha value is -3.92. The molecule has 0 radical (unpaired) electrons. The van der Waals surface area contributed by atoms with Crippen LogP contribution in [-0.2, 0) is 25.7 Å². The Bertz CT molecular complexity index is 949. The lowest BCUT2D eigenvalue weighted by Gasteiger charge is -2.12. The van der Waals surface area contributed by atoms with Crippen molar-refractivity contribution in [2.24, 2.45) is 5.10 Å².